The first-order valence-corrected chi connectivity index (χ1v) is 8.32. The lowest BCUT2D eigenvalue weighted by Gasteiger charge is -2.27. The van der Waals surface area contributed by atoms with Crippen LogP contribution in [0.1, 0.15) is 41.7 Å². The molecule has 1 atom stereocenters. The number of aromatic nitrogens is 1. The number of carbonyl (C=O) groups is 1. The van der Waals surface area contributed by atoms with E-state index in [-0.39, 0.29) is 12.1 Å². The van der Waals surface area contributed by atoms with Crippen molar-refractivity contribution in [1.29, 1.82) is 0 Å². The number of nitrogens with zero attached hydrogens (tertiary/aromatic N) is 1. The third-order valence-electron chi connectivity index (χ3n) is 3.94. The Morgan fingerprint density at radius 1 is 1.59 bits per heavy atom. The number of pyridine rings is 1. The van der Waals surface area contributed by atoms with Crippen molar-refractivity contribution in [3.05, 3.63) is 22.2 Å². The van der Waals surface area contributed by atoms with Crippen molar-refractivity contribution < 1.29 is 14.3 Å². The van der Waals surface area contributed by atoms with Crippen LogP contribution in [-0.2, 0) is 22.5 Å². The minimum absolute atomic E-state index is 0.194. The lowest BCUT2D eigenvalue weighted by Crippen LogP contribution is -2.27. The first-order valence-electron chi connectivity index (χ1n) is 7.50. The zero-order chi connectivity index (χ0) is 15.9. The summed E-state index contributed by atoms with van der Waals surface area (Å²) in [6.45, 7) is 6.96. The number of hydrogen-bond donors (Lipinski definition) is 1. The molecule has 118 valence electrons. The molecule has 2 aromatic heterocycles. The molecule has 6 heteroatoms. The summed E-state index contributed by atoms with van der Waals surface area (Å²) < 4.78 is 10.9. The molecule has 0 saturated carbocycles. The Balaban J connectivity index is 2.02. The number of thiophene rings is 1. The zero-order valence-electron chi connectivity index (χ0n) is 13.0. The Morgan fingerprint density at radius 3 is 3.05 bits per heavy atom. The Morgan fingerprint density at radius 2 is 2.36 bits per heavy atom. The van der Waals surface area contributed by atoms with Gasteiger partial charge in [0.2, 0.25) is 0 Å². The van der Waals surface area contributed by atoms with Gasteiger partial charge in [-0.05, 0) is 18.9 Å². The largest absolute Gasteiger partial charge is 0.462 e. The number of nitrogens with two attached hydrogens (primary N) is 1. The number of hydrogen-bond acceptors (Lipinski definition) is 6. The summed E-state index contributed by atoms with van der Waals surface area (Å²) in [4.78, 5) is 17.9. The van der Waals surface area contributed by atoms with Crippen LogP contribution in [0.3, 0.4) is 0 Å². The van der Waals surface area contributed by atoms with Gasteiger partial charge in [0.05, 0.1) is 30.7 Å². The van der Waals surface area contributed by atoms with Crippen LogP contribution in [0.5, 0.6) is 0 Å². The molecule has 0 unspecified atom stereocenters. The van der Waals surface area contributed by atoms with E-state index in [2.05, 4.69) is 13.8 Å². The maximum absolute atomic E-state index is 12.0. The first kappa shape index (κ1) is 15.2. The van der Waals surface area contributed by atoms with Crippen molar-refractivity contribution in [2.45, 2.75) is 39.9 Å². The van der Waals surface area contributed by atoms with Crippen LogP contribution in [0.4, 0.5) is 5.69 Å². The highest BCUT2D eigenvalue weighted by Gasteiger charge is 2.25. The van der Waals surface area contributed by atoms with Gasteiger partial charge in [0.1, 0.15) is 9.71 Å². The van der Waals surface area contributed by atoms with Crippen LogP contribution < -0.4 is 5.73 Å². The SMILES string of the molecule is CCOC(=O)c1sc2nc3c(cc2c1N)CO[C@@H](C(C)C)C3. The first-order chi connectivity index (χ1) is 10.5. The predicted molar refractivity (Wildman–Crippen MR) is 87.1 cm³/mol. The minimum atomic E-state index is -0.378. The number of carbonyl (C=O) groups excluding carboxylic acids is 1. The van der Waals surface area contributed by atoms with E-state index in [4.69, 9.17) is 20.2 Å². The van der Waals surface area contributed by atoms with Crippen molar-refractivity contribution in [1.82, 2.24) is 4.98 Å². The van der Waals surface area contributed by atoms with Crippen molar-refractivity contribution in [2.75, 3.05) is 12.3 Å². The van der Waals surface area contributed by atoms with Crippen molar-refractivity contribution in [3.8, 4) is 0 Å². The second-order valence-electron chi connectivity index (χ2n) is 5.81. The van der Waals surface area contributed by atoms with E-state index in [9.17, 15) is 4.79 Å². The second kappa shape index (κ2) is 5.85. The third-order valence-corrected chi connectivity index (χ3v) is 5.04. The summed E-state index contributed by atoms with van der Waals surface area (Å²) in [7, 11) is 0. The van der Waals surface area contributed by atoms with Gasteiger partial charge in [0.15, 0.2) is 0 Å². The number of nitrogen functional groups attached to an aromatic ring is 1. The smallest absolute Gasteiger partial charge is 0.350 e. The summed E-state index contributed by atoms with van der Waals surface area (Å²) in [5, 5.41) is 0.818. The molecule has 2 aromatic rings. The number of ether oxygens (including phenoxy) is 2. The van der Waals surface area contributed by atoms with Crippen LogP contribution in [-0.4, -0.2) is 23.7 Å². The molecule has 3 rings (SSSR count). The molecular weight excluding hydrogens is 300 g/mol. The quantitative estimate of drug-likeness (QED) is 0.879. The van der Waals surface area contributed by atoms with E-state index in [0.29, 0.717) is 29.7 Å². The van der Waals surface area contributed by atoms with E-state index in [1.54, 1.807) is 6.92 Å². The Labute approximate surface area is 133 Å². The van der Waals surface area contributed by atoms with Gasteiger partial charge in [-0.3, -0.25) is 0 Å². The number of fused-ring (bicyclic) bond motifs is 2. The van der Waals surface area contributed by atoms with Crippen molar-refractivity contribution >= 4 is 33.2 Å². The molecular formula is C16H20N2O3S. The maximum Gasteiger partial charge on any atom is 0.350 e. The average molecular weight is 320 g/mol. The highest BCUT2D eigenvalue weighted by Crippen LogP contribution is 2.36. The summed E-state index contributed by atoms with van der Waals surface area (Å²) in [5.41, 5.74) is 8.68. The highest BCUT2D eigenvalue weighted by molar-refractivity contribution is 7.21. The molecule has 0 saturated heterocycles. The van der Waals surface area contributed by atoms with Gasteiger partial charge in [-0.15, -0.1) is 11.3 Å². The maximum atomic E-state index is 12.0. The Kier molecular flexibility index (Phi) is 4.06. The molecule has 0 aliphatic carbocycles. The van der Waals surface area contributed by atoms with Crippen LogP contribution in [0.25, 0.3) is 10.2 Å². The standard InChI is InChI=1S/C16H20N2O3S/c1-4-20-16(19)14-13(17)10-5-9-7-21-12(8(2)3)6-11(9)18-15(10)22-14/h5,8,12H,4,6-7,17H2,1-3H3/t12-/m1/s1. The van der Waals surface area contributed by atoms with Gasteiger partial charge < -0.3 is 15.2 Å². The molecule has 1 aliphatic rings. The van der Waals surface area contributed by atoms with E-state index in [0.717, 1.165) is 27.9 Å². The Bertz CT molecular complexity index is 724. The molecule has 1 aliphatic heterocycles. The summed E-state index contributed by atoms with van der Waals surface area (Å²) in [6.07, 6.45) is 0.995. The third kappa shape index (κ3) is 2.57. The summed E-state index contributed by atoms with van der Waals surface area (Å²) in [5.74, 6) is 0.0754. The van der Waals surface area contributed by atoms with Gasteiger partial charge in [-0.1, -0.05) is 13.8 Å². The molecule has 0 bridgehead atoms. The topological polar surface area (TPSA) is 74.4 Å². The van der Waals surface area contributed by atoms with E-state index in [1.165, 1.54) is 11.3 Å². The Hall–Kier alpha value is -1.66. The molecule has 22 heavy (non-hydrogen) atoms. The number of rotatable bonds is 3. The monoisotopic (exact) mass is 320 g/mol. The fraction of sp³-hybridized carbons (Fsp3) is 0.500. The lowest BCUT2D eigenvalue weighted by atomic mass is 9.96. The number of anilines is 1. The molecule has 0 aromatic carbocycles. The van der Waals surface area contributed by atoms with E-state index >= 15 is 0 Å². The van der Waals surface area contributed by atoms with E-state index < -0.39 is 0 Å². The molecule has 3 heterocycles. The lowest BCUT2D eigenvalue weighted by molar-refractivity contribution is -0.00135. The molecule has 2 N–H and O–H groups in total. The normalized spacial score (nSPS) is 17.7. The van der Waals surface area contributed by atoms with E-state index in [1.807, 2.05) is 6.07 Å². The van der Waals surface area contributed by atoms with Crippen LogP contribution in [0.15, 0.2) is 6.07 Å². The molecule has 0 spiro atoms. The second-order valence-corrected chi connectivity index (χ2v) is 6.81. The van der Waals surface area contributed by atoms with Gasteiger partial charge in [-0.25, -0.2) is 9.78 Å². The number of esters is 1. The predicted octanol–water partition coefficient (Wildman–Crippen LogP) is 3.15. The van der Waals surface area contributed by atoms with Crippen molar-refractivity contribution in [2.24, 2.45) is 5.92 Å². The fourth-order valence-electron chi connectivity index (χ4n) is 2.64. The molecule has 0 radical (unpaired) electrons. The highest BCUT2D eigenvalue weighted by atomic mass is 32.1. The van der Waals surface area contributed by atoms with Gasteiger partial charge in [0.25, 0.3) is 0 Å². The summed E-state index contributed by atoms with van der Waals surface area (Å²) in [6, 6.07) is 2.00. The van der Waals surface area contributed by atoms with Gasteiger partial charge in [-0.2, -0.15) is 0 Å². The molecule has 0 amide bonds. The average Bonchev–Trinajstić information content (AvgIpc) is 2.81. The van der Waals surface area contributed by atoms with Crippen LogP contribution in [0.2, 0.25) is 0 Å². The van der Waals surface area contributed by atoms with Crippen LogP contribution >= 0.6 is 11.3 Å². The van der Waals surface area contributed by atoms with Gasteiger partial charge in [0, 0.05) is 17.4 Å². The zero-order valence-corrected chi connectivity index (χ0v) is 13.8. The van der Waals surface area contributed by atoms with Crippen LogP contribution in [0, 0.1) is 5.92 Å². The molecule has 5 nitrogen and oxygen atoms in total. The summed E-state index contributed by atoms with van der Waals surface area (Å²) >= 11 is 1.30. The minimum Gasteiger partial charge on any atom is -0.462 e. The molecule has 0 fully saturated rings. The van der Waals surface area contributed by atoms with Gasteiger partial charge >= 0.3 is 5.97 Å². The van der Waals surface area contributed by atoms with Crippen molar-refractivity contribution in [3.63, 3.8) is 0 Å². The fourth-order valence-corrected chi connectivity index (χ4v) is 3.63.